The summed E-state index contributed by atoms with van der Waals surface area (Å²) in [6.07, 6.45) is 0. The van der Waals surface area contributed by atoms with E-state index in [1.165, 1.54) is 22.9 Å². The van der Waals surface area contributed by atoms with E-state index < -0.39 is 0 Å². The van der Waals surface area contributed by atoms with Gasteiger partial charge in [0.2, 0.25) is 11.8 Å². The number of carbonyl (C=O) groups is 1. The van der Waals surface area contributed by atoms with Gasteiger partial charge in [-0.15, -0.1) is 10.2 Å². The fourth-order valence-corrected chi connectivity index (χ4v) is 4.57. The van der Waals surface area contributed by atoms with Gasteiger partial charge in [0.15, 0.2) is 0 Å². The van der Waals surface area contributed by atoms with Crippen LogP contribution in [0.25, 0.3) is 11.5 Å². The number of carbonyl (C=O) groups excluding carboxylic acids is 1. The highest BCUT2D eigenvalue weighted by Gasteiger charge is 2.22. The number of hydrogen-bond donors (Lipinski definition) is 0. The Labute approximate surface area is 188 Å². The lowest BCUT2D eigenvalue weighted by Crippen LogP contribution is -2.48. The molecule has 4 rings (SSSR count). The van der Waals surface area contributed by atoms with Crippen molar-refractivity contribution >= 4 is 33.6 Å². The van der Waals surface area contributed by atoms with Crippen LogP contribution in [0.5, 0.6) is 0 Å². The molecule has 0 atom stereocenters. The minimum atomic E-state index is 0.107. The molecular weight excluding hydrogens is 464 g/mol. The molecule has 156 valence electrons. The topological polar surface area (TPSA) is 62.5 Å². The maximum atomic E-state index is 12.6. The molecule has 8 heteroatoms. The van der Waals surface area contributed by atoms with Crippen LogP contribution in [0.2, 0.25) is 0 Å². The maximum absolute atomic E-state index is 12.6. The van der Waals surface area contributed by atoms with Crippen LogP contribution in [0.3, 0.4) is 0 Å². The largest absolute Gasteiger partial charge is 0.411 e. The number of rotatable bonds is 6. The number of amides is 1. The molecule has 2 aromatic carbocycles. The summed E-state index contributed by atoms with van der Waals surface area (Å²) in [5.74, 6) is 0.855. The van der Waals surface area contributed by atoms with Gasteiger partial charge in [-0.05, 0) is 40.5 Å². The van der Waals surface area contributed by atoms with Crippen LogP contribution in [-0.2, 0) is 11.3 Å². The molecule has 1 fully saturated rings. The smallest absolute Gasteiger partial charge is 0.277 e. The quantitative estimate of drug-likeness (QED) is 0.485. The third kappa shape index (κ3) is 5.30. The molecule has 0 unspecified atom stereocenters. The number of thioether (sulfide) groups is 1. The van der Waals surface area contributed by atoms with Crippen LogP contribution in [0.15, 0.2) is 62.6 Å². The molecule has 2 heterocycles. The van der Waals surface area contributed by atoms with Crippen molar-refractivity contribution in [1.29, 1.82) is 0 Å². The summed E-state index contributed by atoms with van der Waals surface area (Å²) in [6.45, 7) is 6.31. The molecule has 1 aromatic heterocycles. The third-order valence-electron chi connectivity index (χ3n) is 5.04. The first-order valence-electron chi connectivity index (χ1n) is 9.85. The van der Waals surface area contributed by atoms with Crippen molar-refractivity contribution in [3.63, 3.8) is 0 Å². The Morgan fingerprint density at radius 3 is 2.67 bits per heavy atom. The molecule has 1 aliphatic rings. The molecule has 1 aliphatic heterocycles. The number of aryl methyl sites for hydroxylation is 1. The van der Waals surface area contributed by atoms with E-state index in [2.05, 4.69) is 62.2 Å². The van der Waals surface area contributed by atoms with Crippen molar-refractivity contribution in [2.75, 3.05) is 31.9 Å². The molecule has 0 radical (unpaired) electrons. The van der Waals surface area contributed by atoms with Crippen LogP contribution in [0.1, 0.15) is 11.1 Å². The van der Waals surface area contributed by atoms with Gasteiger partial charge in [-0.25, -0.2) is 0 Å². The zero-order chi connectivity index (χ0) is 20.9. The van der Waals surface area contributed by atoms with Crippen molar-refractivity contribution in [2.24, 2.45) is 0 Å². The number of nitrogens with zero attached hydrogens (tertiary/aromatic N) is 4. The average molecular weight is 487 g/mol. The van der Waals surface area contributed by atoms with Crippen LogP contribution in [0, 0.1) is 6.92 Å². The average Bonchev–Trinajstić information content (AvgIpc) is 3.22. The second kappa shape index (κ2) is 9.76. The molecule has 6 nitrogen and oxygen atoms in total. The first kappa shape index (κ1) is 21.1. The van der Waals surface area contributed by atoms with Gasteiger partial charge in [-0.2, -0.15) is 0 Å². The van der Waals surface area contributed by atoms with Crippen molar-refractivity contribution < 1.29 is 9.21 Å². The van der Waals surface area contributed by atoms with Crippen molar-refractivity contribution in [3.05, 3.63) is 64.1 Å². The molecule has 0 aliphatic carbocycles. The molecule has 1 saturated heterocycles. The summed E-state index contributed by atoms with van der Waals surface area (Å²) in [4.78, 5) is 16.9. The molecule has 0 spiro atoms. The van der Waals surface area contributed by atoms with E-state index >= 15 is 0 Å². The van der Waals surface area contributed by atoms with Crippen LogP contribution in [-0.4, -0.2) is 57.8 Å². The molecule has 0 bridgehead atoms. The van der Waals surface area contributed by atoms with Gasteiger partial charge in [0.05, 0.1) is 11.3 Å². The summed E-state index contributed by atoms with van der Waals surface area (Å²) < 4.78 is 6.61. The number of piperazine rings is 1. The first-order valence-corrected chi connectivity index (χ1v) is 11.6. The second-order valence-electron chi connectivity index (χ2n) is 7.29. The van der Waals surface area contributed by atoms with Gasteiger partial charge in [-0.3, -0.25) is 9.69 Å². The van der Waals surface area contributed by atoms with Crippen molar-refractivity contribution in [2.45, 2.75) is 18.7 Å². The Hall–Kier alpha value is -2.16. The van der Waals surface area contributed by atoms with E-state index in [-0.39, 0.29) is 5.91 Å². The Morgan fingerprint density at radius 1 is 1.10 bits per heavy atom. The molecular formula is C22H23BrN4O2S. The number of benzene rings is 2. The summed E-state index contributed by atoms with van der Waals surface area (Å²) in [5.41, 5.74) is 3.44. The molecule has 1 amide bonds. The number of aromatic nitrogens is 2. The predicted octanol–water partition coefficient (Wildman–Crippen LogP) is 4.24. The Morgan fingerprint density at radius 2 is 1.90 bits per heavy atom. The highest BCUT2D eigenvalue weighted by molar-refractivity contribution is 9.10. The standard InChI is InChI=1S/C22H23BrN4O2S/c1-16-5-4-6-17(13-16)14-26-9-11-27(12-10-26)20(28)15-30-22-25-24-21(29-22)18-7-2-3-8-19(18)23/h2-8,13H,9-12,14-15H2,1H3. The number of hydrogen-bond acceptors (Lipinski definition) is 6. The molecule has 30 heavy (non-hydrogen) atoms. The first-order chi connectivity index (χ1) is 14.6. The van der Waals surface area contributed by atoms with Gasteiger partial charge in [-0.1, -0.05) is 53.7 Å². The second-order valence-corrected chi connectivity index (χ2v) is 9.07. The van der Waals surface area contributed by atoms with E-state index in [9.17, 15) is 4.79 Å². The van der Waals surface area contributed by atoms with Gasteiger partial charge < -0.3 is 9.32 Å². The van der Waals surface area contributed by atoms with Crippen molar-refractivity contribution in [3.8, 4) is 11.5 Å². The summed E-state index contributed by atoms with van der Waals surface area (Å²) in [7, 11) is 0. The van der Waals surface area contributed by atoms with Crippen molar-refractivity contribution in [1.82, 2.24) is 20.0 Å². The number of halogens is 1. The van der Waals surface area contributed by atoms with Gasteiger partial charge >= 0.3 is 0 Å². The Balaban J connectivity index is 1.25. The monoisotopic (exact) mass is 486 g/mol. The van der Waals surface area contributed by atoms with Crippen LogP contribution in [0.4, 0.5) is 0 Å². The maximum Gasteiger partial charge on any atom is 0.277 e. The zero-order valence-corrected chi connectivity index (χ0v) is 19.2. The normalized spacial score (nSPS) is 14.8. The minimum Gasteiger partial charge on any atom is -0.411 e. The van der Waals surface area contributed by atoms with Crippen LogP contribution < -0.4 is 0 Å². The lowest BCUT2D eigenvalue weighted by atomic mass is 10.1. The lowest BCUT2D eigenvalue weighted by Gasteiger charge is -2.34. The third-order valence-corrected chi connectivity index (χ3v) is 6.54. The summed E-state index contributed by atoms with van der Waals surface area (Å²) >= 11 is 4.77. The molecule has 0 saturated carbocycles. The van der Waals surface area contributed by atoms with E-state index in [1.54, 1.807) is 0 Å². The predicted molar refractivity (Wildman–Crippen MR) is 121 cm³/mol. The van der Waals surface area contributed by atoms with Gasteiger partial charge in [0, 0.05) is 37.2 Å². The fourth-order valence-electron chi connectivity index (χ4n) is 3.45. The Kier molecular flexibility index (Phi) is 6.86. The van der Waals surface area contributed by atoms with E-state index in [0.29, 0.717) is 16.9 Å². The summed E-state index contributed by atoms with van der Waals surface area (Å²) in [5, 5.41) is 8.57. The highest BCUT2D eigenvalue weighted by atomic mass is 79.9. The zero-order valence-electron chi connectivity index (χ0n) is 16.8. The van der Waals surface area contributed by atoms with E-state index in [1.807, 2.05) is 29.2 Å². The van der Waals surface area contributed by atoms with Crippen LogP contribution >= 0.6 is 27.7 Å². The molecule has 3 aromatic rings. The lowest BCUT2D eigenvalue weighted by molar-refractivity contribution is -0.130. The molecule has 0 N–H and O–H groups in total. The summed E-state index contributed by atoms with van der Waals surface area (Å²) in [6, 6.07) is 16.3. The fraction of sp³-hybridized carbons (Fsp3) is 0.318. The SMILES string of the molecule is Cc1cccc(CN2CCN(C(=O)CSc3nnc(-c4ccccc4Br)o3)CC2)c1. The minimum absolute atomic E-state index is 0.107. The van der Waals surface area contributed by atoms with Gasteiger partial charge in [0.25, 0.3) is 5.22 Å². The van der Waals surface area contributed by atoms with E-state index in [4.69, 9.17) is 4.42 Å². The van der Waals surface area contributed by atoms with E-state index in [0.717, 1.165) is 42.8 Å². The Bertz CT molecular complexity index is 1020. The van der Waals surface area contributed by atoms with Gasteiger partial charge in [0.1, 0.15) is 0 Å². The highest BCUT2D eigenvalue weighted by Crippen LogP contribution is 2.29.